The Labute approximate surface area is 132 Å². The van der Waals surface area contributed by atoms with E-state index in [0.717, 1.165) is 16.9 Å². The largest absolute Gasteiger partial charge is 0.242 e. The van der Waals surface area contributed by atoms with Crippen LogP contribution in [-0.4, -0.2) is 15.0 Å². The highest BCUT2D eigenvalue weighted by atomic mass is 35.5. The van der Waals surface area contributed by atoms with Crippen LogP contribution in [0.2, 0.25) is 8.67 Å². The van der Waals surface area contributed by atoms with Gasteiger partial charge in [0.15, 0.2) is 0 Å². The third-order valence-corrected chi connectivity index (χ3v) is 6.04. The van der Waals surface area contributed by atoms with Crippen LogP contribution in [0.3, 0.4) is 0 Å². The van der Waals surface area contributed by atoms with Gasteiger partial charge in [-0.2, -0.15) is 0 Å². The average molecular weight is 350 g/mol. The van der Waals surface area contributed by atoms with Gasteiger partial charge in [0.2, 0.25) is 10.0 Å². The maximum Gasteiger partial charge on any atom is 0.242 e. The van der Waals surface area contributed by atoms with Gasteiger partial charge in [-0.3, -0.25) is 0 Å². The van der Waals surface area contributed by atoms with Crippen molar-refractivity contribution in [2.75, 3.05) is 6.54 Å². The molecule has 1 heterocycles. The van der Waals surface area contributed by atoms with Gasteiger partial charge < -0.3 is 0 Å². The van der Waals surface area contributed by atoms with E-state index in [9.17, 15) is 8.42 Å². The Kier molecular flexibility index (Phi) is 5.09. The second-order valence-corrected chi connectivity index (χ2v) is 8.37. The van der Waals surface area contributed by atoms with Crippen LogP contribution in [0, 0.1) is 0 Å². The molecule has 0 saturated carbocycles. The van der Waals surface area contributed by atoms with Crippen LogP contribution in [0.4, 0.5) is 0 Å². The van der Waals surface area contributed by atoms with E-state index in [1.807, 2.05) is 37.3 Å². The molecule has 0 aliphatic heterocycles. The van der Waals surface area contributed by atoms with Crippen LogP contribution in [0.25, 0.3) is 0 Å². The quantitative estimate of drug-likeness (QED) is 0.881. The van der Waals surface area contributed by atoms with Gasteiger partial charge in [-0.25, -0.2) is 13.1 Å². The number of sulfonamides is 1. The zero-order valence-electron chi connectivity index (χ0n) is 10.6. The lowest BCUT2D eigenvalue weighted by Gasteiger charge is -2.13. The van der Waals surface area contributed by atoms with Crippen LogP contribution in [-0.2, 0) is 10.0 Å². The van der Waals surface area contributed by atoms with Crippen molar-refractivity contribution in [2.45, 2.75) is 17.7 Å². The maximum absolute atomic E-state index is 12.2. The molecule has 0 radical (unpaired) electrons. The zero-order valence-corrected chi connectivity index (χ0v) is 13.8. The highest BCUT2D eigenvalue weighted by Gasteiger charge is 2.21. The third-order valence-electron chi connectivity index (χ3n) is 2.86. The number of hydrogen-bond donors (Lipinski definition) is 1. The summed E-state index contributed by atoms with van der Waals surface area (Å²) in [5, 5.41) is 0. The third kappa shape index (κ3) is 3.74. The molecule has 0 amide bonds. The first-order valence-corrected chi connectivity index (χ1v) is 8.95. The molecule has 1 atom stereocenters. The Bertz CT molecular complexity index is 684. The number of benzene rings is 1. The molecule has 20 heavy (non-hydrogen) atoms. The Morgan fingerprint density at radius 3 is 2.45 bits per heavy atom. The molecule has 2 rings (SSSR count). The van der Waals surface area contributed by atoms with Gasteiger partial charge in [0.1, 0.15) is 9.23 Å². The van der Waals surface area contributed by atoms with E-state index in [1.165, 1.54) is 6.07 Å². The van der Waals surface area contributed by atoms with E-state index in [4.69, 9.17) is 23.2 Å². The Hall–Kier alpha value is -0.590. The Morgan fingerprint density at radius 1 is 1.25 bits per heavy atom. The topological polar surface area (TPSA) is 46.2 Å². The van der Waals surface area contributed by atoms with Crippen molar-refractivity contribution in [1.82, 2.24) is 4.72 Å². The fourth-order valence-electron chi connectivity index (χ4n) is 1.72. The lowest BCUT2D eigenvalue weighted by atomic mass is 10.0. The molecule has 0 aliphatic rings. The van der Waals surface area contributed by atoms with Crippen molar-refractivity contribution in [2.24, 2.45) is 0 Å². The van der Waals surface area contributed by atoms with Gasteiger partial charge in [0.05, 0.1) is 4.34 Å². The van der Waals surface area contributed by atoms with E-state index in [0.29, 0.717) is 10.9 Å². The van der Waals surface area contributed by atoms with E-state index in [-0.39, 0.29) is 15.1 Å². The molecule has 108 valence electrons. The normalized spacial score (nSPS) is 13.3. The van der Waals surface area contributed by atoms with Crippen LogP contribution in [0.5, 0.6) is 0 Å². The number of hydrogen-bond acceptors (Lipinski definition) is 3. The first-order chi connectivity index (χ1) is 9.40. The van der Waals surface area contributed by atoms with Gasteiger partial charge in [0, 0.05) is 6.54 Å². The lowest BCUT2D eigenvalue weighted by molar-refractivity contribution is 0.575. The number of rotatable bonds is 5. The molecule has 7 heteroatoms. The summed E-state index contributed by atoms with van der Waals surface area (Å²) < 4.78 is 27.4. The minimum absolute atomic E-state index is 0.0365. The van der Waals surface area contributed by atoms with Crippen molar-refractivity contribution in [3.8, 4) is 0 Å². The number of halogens is 2. The minimum Gasteiger partial charge on any atom is -0.210 e. The molecule has 0 spiro atoms. The van der Waals surface area contributed by atoms with Crippen LogP contribution in [0.1, 0.15) is 18.4 Å². The predicted molar refractivity (Wildman–Crippen MR) is 84.4 cm³/mol. The molecular weight excluding hydrogens is 337 g/mol. The number of nitrogens with one attached hydrogen (secondary N) is 1. The predicted octanol–water partition coefficient (Wildman–Crippen LogP) is 4.14. The second kappa shape index (κ2) is 6.45. The molecule has 0 bridgehead atoms. The Morgan fingerprint density at radius 2 is 1.90 bits per heavy atom. The van der Waals surface area contributed by atoms with Gasteiger partial charge in [-0.05, 0) is 17.5 Å². The molecule has 1 N–H and O–H groups in total. The lowest BCUT2D eigenvalue weighted by Crippen LogP contribution is -2.27. The van der Waals surface area contributed by atoms with E-state index in [2.05, 4.69) is 4.72 Å². The molecule has 1 aromatic heterocycles. The average Bonchev–Trinajstić information content (AvgIpc) is 2.77. The summed E-state index contributed by atoms with van der Waals surface area (Å²) >= 11 is 12.7. The standard InChI is InChI=1S/C13H13Cl2NO2S2/c1-9(10-5-3-2-4-6-10)8-16-20(17,18)11-7-12(14)19-13(11)15/h2-7,9,16H,8H2,1H3. The summed E-state index contributed by atoms with van der Waals surface area (Å²) in [6, 6.07) is 11.1. The summed E-state index contributed by atoms with van der Waals surface area (Å²) in [7, 11) is -3.63. The van der Waals surface area contributed by atoms with Gasteiger partial charge >= 0.3 is 0 Å². The second-order valence-electron chi connectivity index (χ2n) is 4.35. The van der Waals surface area contributed by atoms with Crippen LogP contribution >= 0.6 is 34.5 Å². The summed E-state index contributed by atoms with van der Waals surface area (Å²) in [4.78, 5) is 0.0365. The molecular formula is C13H13Cl2NO2S2. The molecule has 0 fully saturated rings. The first-order valence-electron chi connectivity index (χ1n) is 5.89. The fourth-order valence-corrected chi connectivity index (χ4v) is 5.00. The van der Waals surface area contributed by atoms with Gasteiger partial charge in [0.25, 0.3) is 0 Å². The Balaban J connectivity index is 2.08. The SMILES string of the molecule is CC(CNS(=O)(=O)c1cc(Cl)sc1Cl)c1ccccc1. The van der Waals surface area contributed by atoms with Gasteiger partial charge in [-0.15, -0.1) is 11.3 Å². The van der Waals surface area contributed by atoms with Crippen molar-refractivity contribution in [1.29, 1.82) is 0 Å². The summed E-state index contributed by atoms with van der Waals surface area (Å²) in [6.45, 7) is 2.26. The van der Waals surface area contributed by atoms with Crippen LogP contribution in [0.15, 0.2) is 41.3 Å². The molecule has 0 saturated heterocycles. The fraction of sp³-hybridized carbons (Fsp3) is 0.231. The van der Waals surface area contributed by atoms with Crippen molar-refractivity contribution >= 4 is 44.6 Å². The molecule has 1 unspecified atom stereocenters. The van der Waals surface area contributed by atoms with Gasteiger partial charge in [-0.1, -0.05) is 60.5 Å². The van der Waals surface area contributed by atoms with Crippen molar-refractivity contribution < 1.29 is 8.42 Å². The van der Waals surface area contributed by atoms with Crippen molar-refractivity contribution in [3.63, 3.8) is 0 Å². The van der Waals surface area contributed by atoms with E-state index >= 15 is 0 Å². The maximum atomic E-state index is 12.2. The molecule has 3 nitrogen and oxygen atoms in total. The monoisotopic (exact) mass is 349 g/mol. The number of thiophene rings is 1. The summed E-state index contributed by atoms with van der Waals surface area (Å²) in [5.74, 6) is 0.0684. The highest BCUT2D eigenvalue weighted by Crippen LogP contribution is 2.34. The summed E-state index contributed by atoms with van der Waals surface area (Å²) in [6.07, 6.45) is 0. The minimum atomic E-state index is -3.63. The van der Waals surface area contributed by atoms with E-state index < -0.39 is 10.0 Å². The molecule has 2 aromatic rings. The van der Waals surface area contributed by atoms with Crippen LogP contribution < -0.4 is 4.72 Å². The van der Waals surface area contributed by atoms with Crippen molar-refractivity contribution in [3.05, 3.63) is 50.6 Å². The molecule has 0 aliphatic carbocycles. The zero-order chi connectivity index (χ0) is 14.8. The van der Waals surface area contributed by atoms with E-state index in [1.54, 1.807) is 0 Å². The molecule has 1 aromatic carbocycles. The summed E-state index contributed by atoms with van der Waals surface area (Å²) in [5.41, 5.74) is 1.07. The first kappa shape index (κ1) is 15.8. The highest BCUT2D eigenvalue weighted by molar-refractivity contribution is 7.89. The smallest absolute Gasteiger partial charge is 0.210 e.